The molecule has 1 unspecified atom stereocenters. The molecule has 1 atom stereocenters. The number of nitrogens with zero attached hydrogens (tertiary/aromatic N) is 3. The number of aromatic nitrogens is 3. The second-order valence-electron chi connectivity index (χ2n) is 5.60. The summed E-state index contributed by atoms with van der Waals surface area (Å²) in [6.07, 6.45) is 1.78. The molecule has 0 saturated heterocycles. The molecule has 1 aromatic carbocycles. The Bertz CT molecular complexity index is 851. The quantitative estimate of drug-likeness (QED) is 0.635. The molecule has 0 spiro atoms. The molecule has 0 amide bonds. The van der Waals surface area contributed by atoms with Gasteiger partial charge < -0.3 is 9.84 Å². The molecule has 1 N–H and O–H groups in total. The van der Waals surface area contributed by atoms with Gasteiger partial charge in [-0.1, -0.05) is 24.2 Å². The standard InChI is InChI=1S/C18H19FN4OS/c1-4-25-16-8-7-14(10-20-16)21-12(3)18-22-17(23-24-18)13-6-5-11(2)15(19)9-13/h5-10,12,21H,4H2,1-3H3. The van der Waals surface area contributed by atoms with Crippen LogP contribution < -0.4 is 5.32 Å². The summed E-state index contributed by atoms with van der Waals surface area (Å²) in [4.78, 5) is 8.74. The number of nitrogens with one attached hydrogen (secondary N) is 1. The van der Waals surface area contributed by atoms with E-state index in [0.29, 0.717) is 22.8 Å². The smallest absolute Gasteiger partial charge is 0.249 e. The topological polar surface area (TPSA) is 63.8 Å². The molecule has 0 saturated carbocycles. The number of halogens is 1. The number of rotatable bonds is 6. The maximum Gasteiger partial charge on any atom is 0.249 e. The number of thioether (sulfide) groups is 1. The second-order valence-corrected chi connectivity index (χ2v) is 6.89. The molecular weight excluding hydrogens is 339 g/mol. The summed E-state index contributed by atoms with van der Waals surface area (Å²) in [5.41, 5.74) is 2.04. The van der Waals surface area contributed by atoms with Crippen molar-refractivity contribution in [3.63, 3.8) is 0 Å². The first-order valence-electron chi connectivity index (χ1n) is 8.02. The Morgan fingerprint density at radius 3 is 2.80 bits per heavy atom. The molecule has 3 rings (SSSR count). The maximum atomic E-state index is 13.7. The van der Waals surface area contributed by atoms with Crippen molar-refractivity contribution in [1.82, 2.24) is 15.1 Å². The van der Waals surface area contributed by atoms with Crippen LogP contribution in [-0.4, -0.2) is 20.9 Å². The summed E-state index contributed by atoms with van der Waals surface area (Å²) >= 11 is 1.69. The molecule has 5 nitrogen and oxygen atoms in total. The lowest BCUT2D eigenvalue weighted by atomic mass is 10.1. The lowest BCUT2D eigenvalue weighted by Gasteiger charge is -2.10. The highest BCUT2D eigenvalue weighted by Gasteiger charge is 2.16. The summed E-state index contributed by atoms with van der Waals surface area (Å²) in [6.45, 7) is 5.72. The van der Waals surface area contributed by atoms with Gasteiger partial charge in [0.15, 0.2) is 0 Å². The molecule has 130 valence electrons. The largest absolute Gasteiger partial charge is 0.373 e. The zero-order valence-electron chi connectivity index (χ0n) is 14.3. The first kappa shape index (κ1) is 17.4. The Morgan fingerprint density at radius 1 is 1.28 bits per heavy atom. The minimum Gasteiger partial charge on any atom is -0.373 e. The fourth-order valence-electron chi connectivity index (χ4n) is 2.27. The van der Waals surface area contributed by atoms with Crippen LogP contribution >= 0.6 is 11.8 Å². The number of pyridine rings is 1. The number of benzene rings is 1. The van der Waals surface area contributed by atoms with E-state index in [4.69, 9.17) is 4.52 Å². The van der Waals surface area contributed by atoms with Gasteiger partial charge >= 0.3 is 0 Å². The van der Waals surface area contributed by atoms with Crippen molar-refractivity contribution < 1.29 is 8.91 Å². The SMILES string of the molecule is CCSc1ccc(NC(C)c2nc(-c3ccc(C)c(F)c3)no2)cn1. The van der Waals surface area contributed by atoms with E-state index in [1.807, 2.05) is 19.1 Å². The predicted molar refractivity (Wildman–Crippen MR) is 97.1 cm³/mol. The summed E-state index contributed by atoms with van der Waals surface area (Å²) in [5.74, 6) is 1.50. The van der Waals surface area contributed by atoms with E-state index >= 15 is 0 Å². The Kier molecular flexibility index (Phi) is 5.33. The summed E-state index contributed by atoms with van der Waals surface area (Å²) in [5, 5.41) is 8.21. The van der Waals surface area contributed by atoms with Gasteiger partial charge in [-0.25, -0.2) is 9.37 Å². The Labute approximate surface area is 150 Å². The molecule has 2 aromatic heterocycles. The van der Waals surface area contributed by atoms with E-state index in [9.17, 15) is 4.39 Å². The average molecular weight is 358 g/mol. The number of aryl methyl sites for hydroxylation is 1. The highest BCUT2D eigenvalue weighted by molar-refractivity contribution is 7.99. The van der Waals surface area contributed by atoms with Crippen molar-refractivity contribution in [1.29, 1.82) is 0 Å². The molecule has 0 aliphatic rings. The second kappa shape index (κ2) is 7.65. The van der Waals surface area contributed by atoms with Gasteiger partial charge in [-0.3, -0.25) is 0 Å². The van der Waals surface area contributed by atoms with E-state index in [0.717, 1.165) is 16.5 Å². The Morgan fingerprint density at radius 2 is 2.12 bits per heavy atom. The predicted octanol–water partition coefficient (Wildman–Crippen LogP) is 4.86. The molecule has 25 heavy (non-hydrogen) atoms. The monoisotopic (exact) mass is 358 g/mol. The van der Waals surface area contributed by atoms with Crippen LogP contribution in [-0.2, 0) is 0 Å². The first-order valence-corrected chi connectivity index (χ1v) is 9.01. The van der Waals surface area contributed by atoms with E-state index in [-0.39, 0.29) is 11.9 Å². The molecular formula is C18H19FN4OS. The lowest BCUT2D eigenvalue weighted by Crippen LogP contribution is -2.07. The Hall–Kier alpha value is -2.41. The molecule has 0 aliphatic carbocycles. The normalized spacial score (nSPS) is 12.2. The van der Waals surface area contributed by atoms with Crippen molar-refractivity contribution in [2.24, 2.45) is 0 Å². The van der Waals surface area contributed by atoms with Gasteiger partial charge in [-0.2, -0.15) is 4.98 Å². The summed E-state index contributed by atoms with van der Waals surface area (Å²) < 4.78 is 19.0. The van der Waals surface area contributed by atoms with Gasteiger partial charge in [0, 0.05) is 5.56 Å². The van der Waals surface area contributed by atoms with E-state index in [2.05, 4.69) is 27.4 Å². The maximum absolute atomic E-state index is 13.7. The van der Waals surface area contributed by atoms with E-state index in [1.54, 1.807) is 37.0 Å². The first-order chi connectivity index (χ1) is 12.1. The van der Waals surface area contributed by atoms with Crippen LogP contribution in [0.4, 0.5) is 10.1 Å². The van der Waals surface area contributed by atoms with Crippen molar-refractivity contribution in [2.75, 3.05) is 11.1 Å². The highest BCUT2D eigenvalue weighted by atomic mass is 32.2. The van der Waals surface area contributed by atoms with Gasteiger partial charge in [-0.15, -0.1) is 11.8 Å². The van der Waals surface area contributed by atoms with Gasteiger partial charge in [0.1, 0.15) is 11.9 Å². The lowest BCUT2D eigenvalue weighted by molar-refractivity contribution is 0.368. The molecule has 0 radical (unpaired) electrons. The van der Waals surface area contributed by atoms with Crippen LogP contribution in [0.25, 0.3) is 11.4 Å². The van der Waals surface area contributed by atoms with Gasteiger partial charge in [0.2, 0.25) is 11.7 Å². The molecule has 2 heterocycles. The van der Waals surface area contributed by atoms with Crippen LogP contribution in [0.1, 0.15) is 31.3 Å². The van der Waals surface area contributed by atoms with Crippen LogP contribution in [0.15, 0.2) is 46.1 Å². The molecule has 0 aliphatic heterocycles. The summed E-state index contributed by atoms with van der Waals surface area (Å²) in [6, 6.07) is 8.63. The zero-order chi connectivity index (χ0) is 17.8. The van der Waals surface area contributed by atoms with Crippen LogP contribution in [0.3, 0.4) is 0 Å². The van der Waals surface area contributed by atoms with Gasteiger partial charge in [0.25, 0.3) is 0 Å². The Balaban J connectivity index is 1.71. The van der Waals surface area contributed by atoms with Crippen LogP contribution in [0, 0.1) is 12.7 Å². The van der Waals surface area contributed by atoms with Crippen LogP contribution in [0.5, 0.6) is 0 Å². The van der Waals surface area contributed by atoms with Crippen molar-refractivity contribution in [3.05, 3.63) is 53.8 Å². The average Bonchev–Trinajstić information content (AvgIpc) is 3.09. The third kappa shape index (κ3) is 4.17. The van der Waals surface area contributed by atoms with Gasteiger partial charge in [0.05, 0.1) is 16.9 Å². The number of anilines is 1. The molecule has 7 heteroatoms. The van der Waals surface area contributed by atoms with Crippen LogP contribution in [0.2, 0.25) is 0 Å². The molecule has 0 fully saturated rings. The van der Waals surface area contributed by atoms with Crippen molar-refractivity contribution >= 4 is 17.4 Å². The third-order valence-corrected chi connectivity index (χ3v) is 4.48. The van der Waals surface area contributed by atoms with Crippen molar-refractivity contribution in [2.45, 2.75) is 31.8 Å². The van der Waals surface area contributed by atoms with E-state index in [1.165, 1.54) is 6.07 Å². The van der Waals surface area contributed by atoms with Crippen molar-refractivity contribution in [3.8, 4) is 11.4 Å². The van der Waals surface area contributed by atoms with Gasteiger partial charge in [-0.05, 0) is 43.4 Å². The fraction of sp³-hybridized carbons (Fsp3) is 0.278. The minimum atomic E-state index is -0.286. The highest BCUT2D eigenvalue weighted by Crippen LogP contribution is 2.23. The number of hydrogen-bond donors (Lipinski definition) is 1. The zero-order valence-corrected chi connectivity index (χ0v) is 15.1. The minimum absolute atomic E-state index is 0.192. The van der Waals surface area contributed by atoms with E-state index < -0.39 is 0 Å². The summed E-state index contributed by atoms with van der Waals surface area (Å²) in [7, 11) is 0. The molecule has 3 aromatic rings. The number of hydrogen-bond acceptors (Lipinski definition) is 6. The fourth-order valence-corrected chi connectivity index (χ4v) is 2.86. The molecule has 0 bridgehead atoms. The third-order valence-electron chi connectivity index (χ3n) is 3.65.